The van der Waals surface area contributed by atoms with Crippen LogP contribution in [0.25, 0.3) is 0 Å². The Kier molecular flexibility index (Phi) is 3.43. The lowest BCUT2D eigenvalue weighted by Gasteiger charge is -1.95. The summed E-state index contributed by atoms with van der Waals surface area (Å²) in [6.07, 6.45) is 1.41. The number of imidazole rings is 1. The van der Waals surface area contributed by atoms with Crippen LogP contribution in [0.3, 0.4) is 0 Å². The zero-order chi connectivity index (χ0) is 11.4. The molecule has 1 aromatic heterocycles. The van der Waals surface area contributed by atoms with E-state index in [1.165, 1.54) is 7.11 Å². The number of aryl methyl sites for hydroxylation is 1. The highest BCUT2D eigenvalue weighted by Gasteiger charge is 2.22. The number of carbonyl (C=O) groups is 2. The Labute approximate surface area is 86.3 Å². The quantitative estimate of drug-likeness (QED) is 0.721. The van der Waals surface area contributed by atoms with Gasteiger partial charge in [0.05, 0.1) is 7.11 Å². The van der Waals surface area contributed by atoms with Crippen molar-refractivity contribution in [2.75, 3.05) is 7.11 Å². The lowest BCUT2D eigenvalue weighted by Crippen LogP contribution is -2.09. The van der Waals surface area contributed by atoms with Gasteiger partial charge >= 0.3 is 11.9 Å². The molecule has 0 aliphatic rings. The SMILES string of the molecule is CCCc1nc(C(=O)O)c(C(=O)OC)[nH]1. The number of aromatic carboxylic acids is 1. The van der Waals surface area contributed by atoms with Crippen molar-refractivity contribution >= 4 is 11.9 Å². The zero-order valence-electron chi connectivity index (χ0n) is 8.53. The van der Waals surface area contributed by atoms with Gasteiger partial charge in [-0.15, -0.1) is 0 Å². The molecule has 6 heteroatoms. The summed E-state index contributed by atoms with van der Waals surface area (Å²) in [4.78, 5) is 28.4. The summed E-state index contributed by atoms with van der Waals surface area (Å²) in [6.45, 7) is 1.93. The minimum atomic E-state index is -1.24. The molecule has 1 aromatic rings. The lowest BCUT2D eigenvalue weighted by molar-refractivity contribution is 0.0576. The van der Waals surface area contributed by atoms with Crippen LogP contribution in [0.4, 0.5) is 0 Å². The van der Waals surface area contributed by atoms with Crippen molar-refractivity contribution < 1.29 is 19.4 Å². The molecule has 0 saturated heterocycles. The van der Waals surface area contributed by atoms with Gasteiger partial charge in [0.25, 0.3) is 0 Å². The van der Waals surface area contributed by atoms with Crippen molar-refractivity contribution in [3.05, 3.63) is 17.2 Å². The van der Waals surface area contributed by atoms with Crippen LogP contribution in [0, 0.1) is 0 Å². The van der Waals surface area contributed by atoms with E-state index >= 15 is 0 Å². The fraction of sp³-hybridized carbons (Fsp3) is 0.444. The first-order valence-electron chi connectivity index (χ1n) is 4.50. The normalized spacial score (nSPS) is 10.0. The highest BCUT2D eigenvalue weighted by atomic mass is 16.5. The van der Waals surface area contributed by atoms with Gasteiger partial charge in [0.1, 0.15) is 5.82 Å². The number of nitrogens with zero attached hydrogens (tertiary/aromatic N) is 1. The molecule has 6 nitrogen and oxygen atoms in total. The third-order valence-electron chi connectivity index (χ3n) is 1.83. The van der Waals surface area contributed by atoms with E-state index in [1.54, 1.807) is 0 Å². The van der Waals surface area contributed by atoms with Crippen LogP contribution in [0.5, 0.6) is 0 Å². The minimum absolute atomic E-state index is 0.103. The number of esters is 1. The van der Waals surface area contributed by atoms with Crippen LogP contribution in [0.2, 0.25) is 0 Å². The van der Waals surface area contributed by atoms with Crippen LogP contribution >= 0.6 is 0 Å². The second kappa shape index (κ2) is 4.59. The molecule has 15 heavy (non-hydrogen) atoms. The van der Waals surface area contributed by atoms with Gasteiger partial charge in [-0.05, 0) is 6.42 Å². The summed E-state index contributed by atoms with van der Waals surface area (Å²) in [5.74, 6) is -1.48. The molecule has 0 fully saturated rings. The third kappa shape index (κ3) is 2.34. The second-order valence-electron chi connectivity index (χ2n) is 2.95. The van der Waals surface area contributed by atoms with Crippen molar-refractivity contribution in [2.45, 2.75) is 19.8 Å². The number of rotatable bonds is 4. The molecule has 0 saturated carbocycles. The van der Waals surface area contributed by atoms with Crippen molar-refractivity contribution in [3.8, 4) is 0 Å². The van der Waals surface area contributed by atoms with Crippen LogP contribution in [-0.2, 0) is 11.2 Å². The van der Waals surface area contributed by atoms with Gasteiger partial charge in [-0.25, -0.2) is 14.6 Å². The summed E-state index contributed by atoms with van der Waals surface area (Å²) in [5.41, 5.74) is -0.390. The van der Waals surface area contributed by atoms with E-state index in [0.29, 0.717) is 12.2 Å². The maximum Gasteiger partial charge on any atom is 0.357 e. The van der Waals surface area contributed by atoms with E-state index in [1.807, 2.05) is 6.92 Å². The van der Waals surface area contributed by atoms with E-state index in [4.69, 9.17) is 5.11 Å². The summed E-state index contributed by atoms with van der Waals surface area (Å²) in [5, 5.41) is 8.80. The van der Waals surface area contributed by atoms with Gasteiger partial charge in [0.2, 0.25) is 0 Å². The average molecular weight is 212 g/mol. The van der Waals surface area contributed by atoms with Crippen LogP contribution in [0.1, 0.15) is 40.1 Å². The molecule has 0 atom stereocenters. The van der Waals surface area contributed by atoms with Crippen LogP contribution < -0.4 is 0 Å². The number of H-pyrrole nitrogens is 1. The minimum Gasteiger partial charge on any atom is -0.476 e. The maximum atomic E-state index is 11.2. The predicted octanol–water partition coefficient (Wildman–Crippen LogP) is 0.847. The molecule has 0 radical (unpaired) electrons. The van der Waals surface area contributed by atoms with Crippen molar-refractivity contribution in [2.24, 2.45) is 0 Å². The Bertz CT molecular complexity index is 383. The molecule has 1 rings (SSSR count). The van der Waals surface area contributed by atoms with Gasteiger partial charge in [-0.3, -0.25) is 0 Å². The first kappa shape index (κ1) is 11.2. The molecule has 0 spiro atoms. The van der Waals surface area contributed by atoms with E-state index in [2.05, 4.69) is 14.7 Å². The van der Waals surface area contributed by atoms with Gasteiger partial charge in [-0.1, -0.05) is 6.92 Å². The number of hydrogen-bond acceptors (Lipinski definition) is 4. The first-order chi connectivity index (χ1) is 7.10. The number of nitrogens with one attached hydrogen (secondary N) is 1. The topological polar surface area (TPSA) is 92.3 Å². The van der Waals surface area contributed by atoms with Gasteiger partial charge in [0, 0.05) is 6.42 Å². The van der Waals surface area contributed by atoms with Gasteiger partial charge in [0.15, 0.2) is 11.4 Å². The fourth-order valence-electron chi connectivity index (χ4n) is 1.18. The molecule has 2 N–H and O–H groups in total. The highest BCUT2D eigenvalue weighted by Crippen LogP contribution is 2.09. The first-order valence-corrected chi connectivity index (χ1v) is 4.50. The Morgan fingerprint density at radius 1 is 1.53 bits per heavy atom. The van der Waals surface area contributed by atoms with Crippen LogP contribution in [-0.4, -0.2) is 34.1 Å². The number of aromatic nitrogens is 2. The smallest absolute Gasteiger partial charge is 0.357 e. The zero-order valence-corrected chi connectivity index (χ0v) is 8.53. The third-order valence-corrected chi connectivity index (χ3v) is 1.83. The standard InChI is InChI=1S/C9H12N2O4/c1-3-4-5-10-6(8(12)13)7(11-5)9(14)15-2/h3-4H2,1-2H3,(H,10,11)(H,12,13). The lowest BCUT2D eigenvalue weighted by atomic mass is 10.3. The average Bonchev–Trinajstić information content (AvgIpc) is 2.61. The molecule has 0 unspecified atom stereocenters. The number of carbonyl (C=O) groups excluding carboxylic acids is 1. The number of carboxylic acid groups (broad SMARTS) is 1. The molecule has 1 heterocycles. The van der Waals surface area contributed by atoms with Gasteiger partial charge < -0.3 is 14.8 Å². The Hall–Kier alpha value is -1.85. The predicted molar refractivity (Wildman–Crippen MR) is 50.9 cm³/mol. The Morgan fingerprint density at radius 3 is 2.67 bits per heavy atom. The molecule has 0 amide bonds. The van der Waals surface area contributed by atoms with Crippen molar-refractivity contribution in [1.29, 1.82) is 0 Å². The number of aromatic amines is 1. The molecule has 0 aliphatic heterocycles. The molecular weight excluding hydrogens is 200 g/mol. The Morgan fingerprint density at radius 2 is 2.20 bits per heavy atom. The van der Waals surface area contributed by atoms with E-state index in [0.717, 1.165) is 6.42 Å². The summed E-state index contributed by atoms with van der Waals surface area (Å²) < 4.78 is 4.45. The molecule has 0 aromatic carbocycles. The Balaban J connectivity index is 3.11. The summed E-state index contributed by atoms with van der Waals surface area (Å²) in [7, 11) is 1.19. The van der Waals surface area contributed by atoms with E-state index in [9.17, 15) is 9.59 Å². The summed E-state index contributed by atoms with van der Waals surface area (Å²) in [6, 6.07) is 0. The maximum absolute atomic E-state index is 11.2. The largest absolute Gasteiger partial charge is 0.476 e. The van der Waals surface area contributed by atoms with Crippen molar-refractivity contribution in [1.82, 2.24) is 9.97 Å². The number of hydrogen-bond donors (Lipinski definition) is 2. The fourth-order valence-corrected chi connectivity index (χ4v) is 1.18. The van der Waals surface area contributed by atoms with Crippen LogP contribution in [0.15, 0.2) is 0 Å². The van der Waals surface area contributed by atoms with E-state index < -0.39 is 11.9 Å². The molecule has 0 aliphatic carbocycles. The number of carboxylic acids is 1. The number of ether oxygens (including phenoxy) is 1. The van der Waals surface area contributed by atoms with Crippen molar-refractivity contribution in [3.63, 3.8) is 0 Å². The van der Waals surface area contributed by atoms with E-state index in [-0.39, 0.29) is 11.4 Å². The second-order valence-corrected chi connectivity index (χ2v) is 2.95. The summed E-state index contributed by atoms with van der Waals surface area (Å²) >= 11 is 0. The molecule has 82 valence electrons. The molecule has 0 bridgehead atoms. The number of methoxy groups -OCH3 is 1. The monoisotopic (exact) mass is 212 g/mol. The highest BCUT2D eigenvalue weighted by molar-refractivity contribution is 5.99. The van der Waals surface area contributed by atoms with Gasteiger partial charge in [-0.2, -0.15) is 0 Å². The molecular formula is C9H12N2O4.